The van der Waals surface area contributed by atoms with Gasteiger partial charge in [-0.3, -0.25) is 4.79 Å². The van der Waals surface area contributed by atoms with Gasteiger partial charge in [-0.1, -0.05) is 18.7 Å². The third-order valence-electron chi connectivity index (χ3n) is 5.48. The smallest absolute Gasteiger partial charge is 0.435 e. The fourth-order valence-corrected chi connectivity index (χ4v) is 4.05. The Morgan fingerprint density at radius 1 is 1.30 bits per heavy atom. The van der Waals surface area contributed by atoms with Gasteiger partial charge in [0.15, 0.2) is 0 Å². The molecule has 0 unspecified atom stereocenters. The van der Waals surface area contributed by atoms with Crippen molar-refractivity contribution in [1.29, 1.82) is 5.26 Å². The molecule has 2 N–H and O–H groups in total. The highest BCUT2D eigenvalue weighted by Gasteiger charge is 2.32. The molecular formula is C25H25N5O3. The number of anilines is 1. The van der Waals surface area contributed by atoms with Crippen LogP contribution in [0.2, 0.25) is 0 Å². The van der Waals surface area contributed by atoms with Crippen LogP contribution in [-0.4, -0.2) is 38.8 Å². The molecule has 0 saturated heterocycles. The quantitative estimate of drug-likeness (QED) is 0.474. The number of hydrogen-bond acceptors (Lipinski definition) is 6. The summed E-state index contributed by atoms with van der Waals surface area (Å²) in [5, 5.41) is 14.3. The van der Waals surface area contributed by atoms with E-state index in [1.165, 1.54) is 4.68 Å². The molecule has 3 aromatic rings. The van der Waals surface area contributed by atoms with Crippen LogP contribution in [-0.2, 0) is 11.3 Å². The average molecular weight is 444 g/mol. The van der Waals surface area contributed by atoms with Gasteiger partial charge in [0.2, 0.25) is 0 Å². The monoisotopic (exact) mass is 443 g/mol. The number of fused-ring (bicyclic) bond motifs is 2. The zero-order chi connectivity index (χ0) is 24.1. The van der Waals surface area contributed by atoms with Gasteiger partial charge in [-0.25, -0.2) is 4.79 Å². The van der Waals surface area contributed by atoms with Crippen molar-refractivity contribution in [2.75, 3.05) is 12.3 Å². The van der Waals surface area contributed by atoms with Crippen molar-refractivity contribution in [1.82, 2.24) is 14.7 Å². The number of amides is 1. The molecule has 0 bridgehead atoms. The summed E-state index contributed by atoms with van der Waals surface area (Å²) in [6, 6.07) is 11.3. The SMILES string of the molecule is C=C(C#N)CN1Cc2c(-c3ccc4c(c3)c(C)nn4C(=O)OC(C)(C)C)ccc(N)c2C1=O. The zero-order valence-corrected chi connectivity index (χ0v) is 19.1. The molecule has 2 aromatic carbocycles. The highest BCUT2D eigenvalue weighted by Crippen LogP contribution is 2.37. The lowest BCUT2D eigenvalue weighted by atomic mass is 9.95. The molecule has 8 heteroatoms. The molecule has 8 nitrogen and oxygen atoms in total. The molecule has 0 fully saturated rings. The lowest BCUT2D eigenvalue weighted by Crippen LogP contribution is -2.27. The first kappa shape index (κ1) is 22.1. The summed E-state index contributed by atoms with van der Waals surface area (Å²) >= 11 is 0. The first-order valence-corrected chi connectivity index (χ1v) is 10.5. The molecule has 4 rings (SSSR count). The molecule has 33 heavy (non-hydrogen) atoms. The molecule has 1 aromatic heterocycles. The second-order valence-electron chi connectivity index (χ2n) is 9.14. The summed E-state index contributed by atoms with van der Waals surface area (Å²) in [6.07, 6.45) is -0.541. The third kappa shape index (κ3) is 3.94. The van der Waals surface area contributed by atoms with Crippen molar-refractivity contribution in [2.45, 2.75) is 39.8 Å². The van der Waals surface area contributed by atoms with E-state index >= 15 is 0 Å². The Morgan fingerprint density at radius 2 is 2.03 bits per heavy atom. The van der Waals surface area contributed by atoms with E-state index in [2.05, 4.69) is 11.7 Å². The maximum Gasteiger partial charge on any atom is 0.435 e. The number of hydrogen-bond donors (Lipinski definition) is 1. The Morgan fingerprint density at radius 3 is 2.70 bits per heavy atom. The number of nitriles is 1. The fourth-order valence-electron chi connectivity index (χ4n) is 4.05. The van der Waals surface area contributed by atoms with Crippen molar-refractivity contribution >= 4 is 28.6 Å². The minimum atomic E-state index is -0.636. The maximum absolute atomic E-state index is 12.9. The van der Waals surface area contributed by atoms with E-state index in [1.807, 2.05) is 37.3 Å². The molecule has 1 aliphatic rings. The summed E-state index contributed by atoms with van der Waals surface area (Å²) in [6.45, 7) is 11.4. The number of nitrogens with two attached hydrogens (primary N) is 1. The van der Waals surface area contributed by atoms with Gasteiger partial charge >= 0.3 is 6.09 Å². The normalized spacial score (nSPS) is 13.2. The van der Waals surface area contributed by atoms with Crippen molar-refractivity contribution in [3.05, 3.63) is 59.3 Å². The summed E-state index contributed by atoms with van der Waals surface area (Å²) in [5.74, 6) is -0.212. The molecule has 0 radical (unpaired) electrons. The predicted molar refractivity (Wildman–Crippen MR) is 125 cm³/mol. The minimum Gasteiger partial charge on any atom is -0.442 e. The van der Waals surface area contributed by atoms with Crippen LogP contribution >= 0.6 is 0 Å². The van der Waals surface area contributed by atoms with Crippen LogP contribution in [0, 0.1) is 18.3 Å². The van der Waals surface area contributed by atoms with E-state index < -0.39 is 11.7 Å². The molecule has 0 spiro atoms. The lowest BCUT2D eigenvalue weighted by molar-refractivity contribution is 0.0522. The lowest BCUT2D eigenvalue weighted by Gasteiger charge is -2.19. The van der Waals surface area contributed by atoms with Crippen LogP contribution in [0.3, 0.4) is 0 Å². The number of aromatic nitrogens is 2. The molecule has 0 aliphatic carbocycles. The van der Waals surface area contributed by atoms with Gasteiger partial charge in [-0.15, -0.1) is 0 Å². The van der Waals surface area contributed by atoms with E-state index in [-0.39, 0.29) is 12.5 Å². The van der Waals surface area contributed by atoms with Gasteiger partial charge in [-0.2, -0.15) is 15.0 Å². The number of ether oxygens (including phenoxy) is 1. The average Bonchev–Trinajstić information content (AvgIpc) is 3.24. The van der Waals surface area contributed by atoms with Crippen molar-refractivity contribution in [2.24, 2.45) is 0 Å². The molecule has 2 heterocycles. The van der Waals surface area contributed by atoms with Gasteiger partial charge in [0, 0.05) is 23.2 Å². The molecule has 1 amide bonds. The Bertz CT molecular complexity index is 1370. The van der Waals surface area contributed by atoms with Crippen LogP contribution in [0.1, 0.15) is 42.4 Å². The summed E-state index contributed by atoms with van der Waals surface area (Å²) in [5.41, 5.74) is 10.5. The number of carbonyl (C=O) groups is 2. The number of nitrogen functional groups attached to an aromatic ring is 1. The van der Waals surface area contributed by atoms with Crippen LogP contribution in [0.15, 0.2) is 42.5 Å². The fraction of sp³-hybridized carbons (Fsp3) is 0.280. The van der Waals surface area contributed by atoms with Crippen LogP contribution < -0.4 is 5.73 Å². The maximum atomic E-state index is 12.9. The summed E-state index contributed by atoms with van der Waals surface area (Å²) < 4.78 is 6.74. The number of nitrogens with zero attached hydrogens (tertiary/aromatic N) is 4. The molecule has 168 valence electrons. The minimum absolute atomic E-state index is 0.156. The van der Waals surface area contributed by atoms with E-state index in [4.69, 9.17) is 15.7 Å². The van der Waals surface area contributed by atoms with Gasteiger partial charge in [0.25, 0.3) is 5.91 Å². The van der Waals surface area contributed by atoms with E-state index in [9.17, 15) is 9.59 Å². The Hall–Kier alpha value is -4.12. The first-order valence-electron chi connectivity index (χ1n) is 10.5. The molecular weight excluding hydrogens is 418 g/mol. The predicted octanol–water partition coefficient (Wildman–Crippen LogP) is 4.41. The Labute approximate surface area is 191 Å². The van der Waals surface area contributed by atoms with Crippen LogP contribution in [0.5, 0.6) is 0 Å². The van der Waals surface area contributed by atoms with Crippen molar-refractivity contribution < 1.29 is 14.3 Å². The number of rotatable bonds is 3. The van der Waals surface area contributed by atoms with E-state index in [0.717, 1.165) is 22.1 Å². The van der Waals surface area contributed by atoms with Gasteiger partial charge in [0.05, 0.1) is 29.4 Å². The second kappa shape index (κ2) is 7.78. The third-order valence-corrected chi connectivity index (χ3v) is 5.48. The highest BCUT2D eigenvalue weighted by atomic mass is 16.6. The van der Waals surface area contributed by atoms with E-state index in [1.54, 1.807) is 31.7 Å². The van der Waals surface area contributed by atoms with Gasteiger partial charge in [-0.05, 0) is 62.6 Å². The van der Waals surface area contributed by atoms with E-state index in [0.29, 0.717) is 34.6 Å². The Kier molecular flexibility index (Phi) is 5.21. The number of carbonyl (C=O) groups excluding carboxylic acids is 2. The number of benzene rings is 2. The van der Waals surface area contributed by atoms with Crippen LogP contribution in [0.25, 0.3) is 22.0 Å². The second-order valence-corrected chi connectivity index (χ2v) is 9.14. The first-order chi connectivity index (χ1) is 15.5. The van der Waals surface area contributed by atoms with Crippen molar-refractivity contribution in [3.8, 4) is 17.2 Å². The molecule has 0 atom stereocenters. The van der Waals surface area contributed by atoms with Crippen LogP contribution in [0.4, 0.5) is 10.5 Å². The summed E-state index contributed by atoms with van der Waals surface area (Å²) in [7, 11) is 0. The van der Waals surface area contributed by atoms with Gasteiger partial charge in [0.1, 0.15) is 5.60 Å². The molecule has 1 aliphatic heterocycles. The molecule has 0 saturated carbocycles. The standard InChI is InChI=1S/C25H25N5O3/c1-14(11-26)12-29-13-19-17(7-8-20(27)22(19)23(29)31)16-6-9-21-18(10-16)15(2)28-30(21)24(32)33-25(3,4)5/h6-10H,1,12-13,27H2,2-5H3. The summed E-state index contributed by atoms with van der Waals surface area (Å²) in [4.78, 5) is 27.1. The largest absolute Gasteiger partial charge is 0.442 e. The number of aryl methyl sites for hydroxylation is 1. The zero-order valence-electron chi connectivity index (χ0n) is 19.1. The topological polar surface area (TPSA) is 114 Å². The van der Waals surface area contributed by atoms with Crippen molar-refractivity contribution in [3.63, 3.8) is 0 Å². The highest BCUT2D eigenvalue weighted by molar-refractivity contribution is 6.05. The van der Waals surface area contributed by atoms with Gasteiger partial charge < -0.3 is 15.4 Å². The Balaban J connectivity index is 1.77.